The minimum absolute atomic E-state index is 0. The van der Waals surface area contributed by atoms with Crippen LogP contribution in [0.4, 0.5) is 4.39 Å². The average molecular weight is 313 g/mol. The number of hydrogen-bond donors (Lipinski definition) is 2. The van der Waals surface area contributed by atoms with E-state index in [0.29, 0.717) is 17.9 Å². The van der Waals surface area contributed by atoms with Gasteiger partial charge in [0, 0.05) is 17.8 Å². The van der Waals surface area contributed by atoms with Gasteiger partial charge in [-0.25, -0.2) is 9.37 Å². The van der Waals surface area contributed by atoms with E-state index in [2.05, 4.69) is 9.97 Å². The minimum atomic E-state index is -0.517. The SMILES string of the molecule is CCOc1cc(F)cnc1Oc1cncc(C(=N)N)c1.Cl. The number of nitrogen functional groups attached to an aromatic ring is 1. The fourth-order valence-electron chi connectivity index (χ4n) is 1.48. The molecule has 2 aromatic rings. The second-order valence-electron chi connectivity index (χ2n) is 3.81. The van der Waals surface area contributed by atoms with Crippen molar-refractivity contribution in [1.82, 2.24) is 9.97 Å². The molecular weight excluding hydrogens is 299 g/mol. The Kier molecular flexibility index (Phi) is 5.86. The van der Waals surface area contributed by atoms with E-state index in [1.54, 1.807) is 6.92 Å². The van der Waals surface area contributed by atoms with E-state index in [0.717, 1.165) is 6.20 Å². The summed E-state index contributed by atoms with van der Waals surface area (Å²) in [5.41, 5.74) is 5.79. The molecule has 0 fully saturated rings. The summed E-state index contributed by atoms with van der Waals surface area (Å²) >= 11 is 0. The number of nitrogens with zero attached hydrogens (tertiary/aromatic N) is 2. The number of ether oxygens (including phenoxy) is 2. The van der Waals surface area contributed by atoms with Crippen LogP contribution in [0.15, 0.2) is 30.7 Å². The van der Waals surface area contributed by atoms with E-state index in [9.17, 15) is 4.39 Å². The predicted octanol–water partition coefficient (Wildman–Crippen LogP) is 2.51. The maximum Gasteiger partial charge on any atom is 0.262 e. The summed E-state index contributed by atoms with van der Waals surface area (Å²) in [7, 11) is 0. The molecule has 0 unspecified atom stereocenters. The van der Waals surface area contributed by atoms with Crippen LogP contribution < -0.4 is 15.2 Å². The highest BCUT2D eigenvalue weighted by Gasteiger charge is 2.10. The summed E-state index contributed by atoms with van der Waals surface area (Å²) in [4.78, 5) is 7.74. The molecule has 0 aliphatic heterocycles. The van der Waals surface area contributed by atoms with E-state index >= 15 is 0 Å². The van der Waals surface area contributed by atoms with Gasteiger partial charge in [-0.05, 0) is 13.0 Å². The Morgan fingerprint density at radius 2 is 2.10 bits per heavy atom. The molecule has 0 amide bonds. The quantitative estimate of drug-likeness (QED) is 0.653. The molecular formula is C13H14ClFN4O2. The molecule has 2 rings (SSSR count). The number of pyridine rings is 2. The topological polar surface area (TPSA) is 94.1 Å². The van der Waals surface area contributed by atoms with Gasteiger partial charge in [-0.2, -0.15) is 0 Å². The molecule has 2 heterocycles. The Morgan fingerprint density at radius 1 is 1.33 bits per heavy atom. The molecule has 21 heavy (non-hydrogen) atoms. The van der Waals surface area contributed by atoms with Crippen LogP contribution in [0.3, 0.4) is 0 Å². The molecule has 112 valence electrons. The smallest absolute Gasteiger partial charge is 0.262 e. The number of nitrogens with two attached hydrogens (primary N) is 1. The van der Waals surface area contributed by atoms with Crippen molar-refractivity contribution in [2.45, 2.75) is 6.92 Å². The number of rotatable bonds is 5. The molecule has 8 heteroatoms. The normalized spacial score (nSPS) is 9.62. The van der Waals surface area contributed by atoms with Crippen LogP contribution in [-0.2, 0) is 0 Å². The summed E-state index contributed by atoms with van der Waals surface area (Å²) < 4.78 is 23.9. The minimum Gasteiger partial charge on any atom is -0.488 e. The second-order valence-corrected chi connectivity index (χ2v) is 3.81. The fourth-order valence-corrected chi connectivity index (χ4v) is 1.48. The number of hydrogen-bond acceptors (Lipinski definition) is 5. The summed E-state index contributed by atoms with van der Waals surface area (Å²) in [6.07, 6.45) is 3.91. The molecule has 0 saturated heterocycles. The Labute approximate surface area is 127 Å². The zero-order chi connectivity index (χ0) is 14.5. The van der Waals surface area contributed by atoms with Gasteiger partial charge in [0.1, 0.15) is 17.4 Å². The highest BCUT2D eigenvalue weighted by atomic mass is 35.5. The molecule has 6 nitrogen and oxygen atoms in total. The molecule has 2 aromatic heterocycles. The monoisotopic (exact) mass is 312 g/mol. The first-order valence-electron chi connectivity index (χ1n) is 5.85. The van der Waals surface area contributed by atoms with Crippen LogP contribution in [0.1, 0.15) is 12.5 Å². The maximum atomic E-state index is 13.1. The number of nitrogens with one attached hydrogen (secondary N) is 1. The molecule has 0 spiro atoms. The average Bonchev–Trinajstić information content (AvgIpc) is 2.42. The van der Waals surface area contributed by atoms with Gasteiger partial charge in [-0.1, -0.05) is 0 Å². The standard InChI is InChI=1S/C13H13FN4O2.ClH/c1-2-19-11-4-9(14)6-18-13(11)20-10-3-8(12(15)16)5-17-7-10;/h3-7H,2H2,1H3,(H3,15,16);1H. The number of amidine groups is 1. The molecule has 0 aliphatic carbocycles. The van der Waals surface area contributed by atoms with Crippen LogP contribution in [0.5, 0.6) is 17.4 Å². The van der Waals surface area contributed by atoms with Gasteiger partial charge >= 0.3 is 0 Å². The van der Waals surface area contributed by atoms with Crippen LogP contribution in [0.2, 0.25) is 0 Å². The van der Waals surface area contributed by atoms with E-state index in [1.165, 1.54) is 24.5 Å². The Bertz CT molecular complexity index is 639. The van der Waals surface area contributed by atoms with Gasteiger partial charge in [-0.3, -0.25) is 10.4 Å². The fraction of sp³-hybridized carbons (Fsp3) is 0.154. The van der Waals surface area contributed by atoms with E-state index in [1.807, 2.05) is 0 Å². The van der Waals surface area contributed by atoms with Crippen molar-refractivity contribution in [3.05, 3.63) is 42.1 Å². The molecule has 0 bridgehead atoms. The lowest BCUT2D eigenvalue weighted by Crippen LogP contribution is -2.11. The third-order valence-corrected chi connectivity index (χ3v) is 2.32. The Morgan fingerprint density at radius 3 is 2.76 bits per heavy atom. The van der Waals surface area contributed by atoms with Crippen LogP contribution in [0.25, 0.3) is 0 Å². The van der Waals surface area contributed by atoms with E-state index < -0.39 is 5.82 Å². The third-order valence-electron chi connectivity index (χ3n) is 2.32. The van der Waals surface area contributed by atoms with Gasteiger partial charge in [0.2, 0.25) is 0 Å². The van der Waals surface area contributed by atoms with Crippen molar-refractivity contribution < 1.29 is 13.9 Å². The van der Waals surface area contributed by atoms with Gasteiger partial charge in [0.05, 0.1) is 19.0 Å². The molecule has 0 atom stereocenters. The molecule has 0 aliphatic rings. The van der Waals surface area contributed by atoms with E-state index in [4.69, 9.17) is 20.6 Å². The number of aromatic nitrogens is 2. The van der Waals surface area contributed by atoms with Crippen LogP contribution in [-0.4, -0.2) is 22.4 Å². The molecule has 3 N–H and O–H groups in total. The lowest BCUT2D eigenvalue weighted by Gasteiger charge is -2.10. The first-order valence-corrected chi connectivity index (χ1v) is 5.85. The van der Waals surface area contributed by atoms with E-state index in [-0.39, 0.29) is 29.9 Å². The lowest BCUT2D eigenvalue weighted by atomic mass is 10.2. The zero-order valence-electron chi connectivity index (χ0n) is 11.2. The van der Waals surface area contributed by atoms with Crippen LogP contribution >= 0.6 is 12.4 Å². The highest BCUT2D eigenvalue weighted by molar-refractivity contribution is 5.94. The van der Waals surface area contributed by atoms with Gasteiger partial charge < -0.3 is 15.2 Å². The summed E-state index contributed by atoms with van der Waals surface area (Å²) in [5, 5.41) is 7.34. The molecule has 0 radical (unpaired) electrons. The Balaban J connectivity index is 0.00000220. The second kappa shape index (κ2) is 7.39. The van der Waals surface area contributed by atoms with Crippen molar-refractivity contribution in [3.8, 4) is 17.4 Å². The maximum absolute atomic E-state index is 13.1. The summed E-state index contributed by atoms with van der Waals surface area (Å²) in [6, 6.07) is 2.73. The van der Waals surface area contributed by atoms with Crippen molar-refractivity contribution in [2.24, 2.45) is 5.73 Å². The third kappa shape index (κ3) is 4.28. The number of halogens is 2. The largest absolute Gasteiger partial charge is 0.488 e. The van der Waals surface area contributed by atoms with Crippen molar-refractivity contribution in [1.29, 1.82) is 5.41 Å². The predicted molar refractivity (Wildman–Crippen MR) is 77.9 cm³/mol. The van der Waals surface area contributed by atoms with Gasteiger partial charge in [-0.15, -0.1) is 12.4 Å². The first kappa shape index (κ1) is 16.6. The Hall–Kier alpha value is -2.41. The first-order chi connectivity index (χ1) is 9.60. The highest BCUT2D eigenvalue weighted by Crippen LogP contribution is 2.29. The summed E-state index contributed by atoms with van der Waals surface area (Å²) in [6.45, 7) is 2.12. The van der Waals surface area contributed by atoms with Crippen molar-refractivity contribution in [2.75, 3.05) is 6.61 Å². The van der Waals surface area contributed by atoms with Crippen molar-refractivity contribution >= 4 is 18.2 Å². The zero-order valence-corrected chi connectivity index (χ0v) is 12.0. The molecule has 0 aromatic carbocycles. The van der Waals surface area contributed by atoms with Gasteiger partial charge in [0.15, 0.2) is 5.75 Å². The van der Waals surface area contributed by atoms with Crippen LogP contribution in [0, 0.1) is 11.2 Å². The summed E-state index contributed by atoms with van der Waals surface area (Å²) in [5.74, 6) is 0.00528. The lowest BCUT2D eigenvalue weighted by molar-refractivity contribution is 0.313. The molecule has 0 saturated carbocycles. The van der Waals surface area contributed by atoms with Gasteiger partial charge in [0.25, 0.3) is 5.88 Å². The van der Waals surface area contributed by atoms with Crippen molar-refractivity contribution in [3.63, 3.8) is 0 Å².